The third-order valence-electron chi connectivity index (χ3n) is 4.45. The summed E-state index contributed by atoms with van der Waals surface area (Å²) in [6.45, 7) is 3.14. The van der Waals surface area contributed by atoms with Crippen LogP contribution in [-0.4, -0.2) is 56.3 Å². The molecule has 1 aliphatic heterocycles. The summed E-state index contributed by atoms with van der Waals surface area (Å²) in [5.74, 6) is 0.278. The van der Waals surface area contributed by atoms with Crippen molar-refractivity contribution in [3.8, 4) is 0 Å². The molecular formula is C16H25N3O3S. The van der Waals surface area contributed by atoms with Crippen LogP contribution in [0.5, 0.6) is 0 Å². The standard InChI is InChI=1S/C16H25N3O3S/c1-13(17)14-8-10-19(11-9-14)16(20)12-18(2)23(21,22)15-6-4-3-5-7-15/h3-7,13-14H,8-12,17H2,1-2H3. The highest BCUT2D eigenvalue weighted by Gasteiger charge is 2.28. The summed E-state index contributed by atoms with van der Waals surface area (Å²) >= 11 is 0. The van der Waals surface area contributed by atoms with Crippen LogP contribution in [0.15, 0.2) is 35.2 Å². The van der Waals surface area contributed by atoms with Crippen LogP contribution in [0, 0.1) is 5.92 Å². The molecule has 1 heterocycles. The zero-order chi connectivity index (χ0) is 17.0. The summed E-state index contributed by atoms with van der Waals surface area (Å²) in [5.41, 5.74) is 5.90. The Morgan fingerprint density at radius 3 is 2.39 bits per heavy atom. The molecule has 23 heavy (non-hydrogen) atoms. The fourth-order valence-electron chi connectivity index (χ4n) is 2.82. The van der Waals surface area contributed by atoms with Gasteiger partial charge >= 0.3 is 0 Å². The second kappa shape index (κ2) is 7.42. The average molecular weight is 339 g/mol. The number of rotatable bonds is 5. The second-order valence-corrected chi connectivity index (χ2v) is 8.20. The van der Waals surface area contributed by atoms with E-state index in [9.17, 15) is 13.2 Å². The SMILES string of the molecule is CC(N)C1CCN(C(=O)CN(C)S(=O)(=O)c2ccccc2)CC1. The quantitative estimate of drug-likeness (QED) is 0.864. The van der Waals surface area contributed by atoms with Crippen LogP contribution < -0.4 is 5.73 Å². The number of benzene rings is 1. The monoisotopic (exact) mass is 339 g/mol. The normalized spacial score (nSPS) is 18.2. The van der Waals surface area contributed by atoms with Gasteiger partial charge in [-0.1, -0.05) is 18.2 Å². The molecule has 1 saturated heterocycles. The lowest BCUT2D eigenvalue weighted by molar-refractivity contribution is -0.132. The Labute approximate surface area is 138 Å². The molecule has 0 saturated carbocycles. The van der Waals surface area contributed by atoms with Crippen molar-refractivity contribution in [3.05, 3.63) is 30.3 Å². The minimum atomic E-state index is -3.63. The van der Waals surface area contributed by atoms with E-state index in [0.29, 0.717) is 19.0 Å². The van der Waals surface area contributed by atoms with Gasteiger partial charge in [0.05, 0.1) is 11.4 Å². The number of nitrogens with two attached hydrogens (primary N) is 1. The van der Waals surface area contributed by atoms with Gasteiger partial charge < -0.3 is 10.6 Å². The van der Waals surface area contributed by atoms with E-state index in [0.717, 1.165) is 17.1 Å². The smallest absolute Gasteiger partial charge is 0.243 e. The predicted molar refractivity (Wildman–Crippen MR) is 89.2 cm³/mol. The van der Waals surface area contributed by atoms with Crippen LogP contribution in [0.1, 0.15) is 19.8 Å². The number of sulfonamides is 1. The van der Waals surface area contributed by atoms with E-state index in [2.05, 4.69) is 0 Å². The molecule has 1 fully saturated rings. The maximum atomic E-state index is 12.4. The van der Waals surface area contributed by atoms with Crippen molar-refractivity contribution in [1.29, 1.82) is 0 Å². The minimum Gasteiger partial charge on any atom is -0.342 e. The lowest BCUT2D eigenvalue weighted by Crippen LogP contribution is -2.46. The van der Waals surface area contributed by atoms with Crippen molar-refractivity contribution in [2.24, 2.45) is 11.7 Å². The van der Waals surface area contributed by atoms with Gasteiger partial charge in [-0.2, -0.15) is 4.31 Å². The highest BCUT2D eigenvalue weighted by molar-refractivity contribution is 7.89. The number of carbonyl (C=O) groups is 1. The largest absolute Gasteiger partial charge is 0.342 e. The van der Waals surface area contributed by atoms with Crippen LogP contribution in [0.3, 0.4) is 0 Å². The molecule has 0 aromatic heterocycles. The van der Waals surface area contributed by atoms with E-state index in [1.807, 2.05) is 6.92 Å². The fraction of sp³-hybridized carbons (Fsp3) is 0.562. The van der Waals surface area contributed by atoms with Crippen LogP contribution in [0.2, 0.25) is 0 Å². The zero-order valence-corrected chi connectivity index (χ0v) is 14.5. The summed E-state index contributed by atoms with van der Waals surface area (Å²) in [5, 5.41) is 0. The summed E-state index contributed by atoms with van der Waals surface area (Å²) in [6.07, 6.45) is 1.75. The van der Waals surface area contributed by atoms with E-state index in [1.54, 1.807) is 23.1 Å². The summed E-state index contributed by atoms with van der Waals surface area (Å²) in [7, 11) is -2.19. The van der Waals surface area contributed by atoms with Crippen LogP contribution in [-0.2, 0) is 14.8 Å². The first kappa shape index (κ1) is 17.9. The molecule has 128 valence electrons. The van der Waals surface area contributed by atoms with Crippen LogP contribution in [0.25, 0.3) is 0 Å². The Morgan fingerprint density at radius 1 is 1.30 bits per heavy atom. The Kier molecular flexibility index (Phi) is 5.78. The molecule has 0 aliphatic carbocycles. The van der Waals surface area contributed by atoms with Gasteiger partial charge in [0.15, 0.2) is 0 Å². The maximum absolute atomic E-state index is 12.4. The first-order chi connectivity index (χ1) is 10.8. The molecule has 2 rings (SSSR count). The molecule has 7 heteroatoms. The maximum Gasteiger partial charge on any atom is 0.243 e. The third-order valence-corrected chi connectivity index (χ3v) is 6.26. The summed E-state index contributed by atoms with van der Waals surface area (Å²) in [4.78, 5) is 14.3. The Bertz CT molecular complexity index is 623. The molecule has 0 radical (unpaired) electrons. The van der Waals surface area contributed by atoms with Crippen LogP contribution >= 0.6 is 0 Å². The predicted octanol–water partition coefficient (Wildman–Crippen LogP) is 0.893. The lowest BCUT2D eigenvalue weighted by Gasteiger charge is -2.34. The molecule has 6 nitrogen and oxygen atoms in total. The van der Waals surface area contributed by atoms with Gasteiger partial charge in [-0.05, 0) is 37.8 Å². The Hall–Kier alpha value is -1.44. The van der Waals surface area contributed by atoms with Gasteiger partial charge in [0.25, 0.3) is 0 Å². The van der Waals surface area contributed by atoms with Gasteiger partial charge in [-0.25, -0.2) is 8.42 Å². The van der Waals surface area contributed by atoms with E-state index >= 15 is 0 Å². The molecule has 1 aromatic rings. The molecule has 1 unspecified atom stereocenters. The number of carbonyl (C=O) groups excluding carboxylic acids is 1. The Balaban J connectivity index is 1.95. The molecule has 1 atom stereocenters. The molecule has 1 aliphatic rings. The highest BCUT2D eigenvalue weighted by atomic mass is 32.2. The molecule has 1 aromatic carbocycles. The van der Waals surface area contributed by atoms with E-state index < -0.39 is 10.0 Å². The van der Waals surface area contributed by atoms with Crippen molar-refractivity contribution in [3.63, 3.8) is 0 Å². The first-order valence-electron chi connectivity index (χ1n) is 7.87. The third kappa shape index (κ3) is 4.31. The summed E-state index contributed by atoms with van der Waals surface area (Å²) < 4.78 is 26.0. The number of nitrogens with zero attached hydrogens (tertiary/aromatic N) is 2. The molecule has 0 spiro atoms. The number of piperidine rings is 1. The lowest BCUT2D eigenvalue weighted by atomic mass is 9.91. The fourth-order valence-corrected chi connectivity index (χ4v) is 3.96. The van der Waals surface area contributed by atoms with Crippen molar-refractivity contribution in [1.82, 2.24) is 9.21 Å². The van der Waals surface area contributed by atoms with Gasteiger partial charge in [-0.15, -0.1) is 0 Å². The number of hydrogen-bond acceptors (Lipinski definition) is 4. The highest BCUT2D eigenvalue weighted by Crippen LogP contribution is 2.20. The summed E-state index contributed by atoms with van der Waals surface area (Å²) in [6, 6.07) is 8.29. The van der Waals surface area contributed by atoms with Gasteiger partial charge in [0.2, 0.25) is 15.9 Å². The number of likely N-dealkylation sites (N-methyl/N-ethyl adjacent to an activating group) is 1. The van der Waals surface area contributed by atoms with Gasteiger partial charge in [-0.3, -0.25) is 4.79 Å². The molecule has 0 bridgehead atoms. The molecule has 1 amide bonds. The van der Waals surface area contributed by atoms with Crippen molar-refractivity contribution in [2.45, 2.75) is 30.7 Å². The number of amides is 1. The van der Waals surface area contributed by atoms with Crippen molar-refractivity contribution >= 4 is 15.9 Å². The van der Waals surface area contributed by atoms with Gasteiger partial charge in [0.1, 0.15) is 0 Å². The van der Waals surface area contributed by atoms with E-state index in [4.69, 9.17) is 5.73 Å². The molecule has 2 N–H and O–H groups in total. The van der Waals surface area contributed by atoms with E-state index in [1.165, 1.54) is 19.2 Å². The van der Waals surface area contributed by atoms with Crippen molar-refractivity contribution in [2.75, 3.05) is 26.7 Å². The average Bonchev–Trinajstić information content (AvgIpc) is 2.55. The Morgan fingerprint density at radius 2 is 1.87 bits per heavy atom. The van der Waals surface area contributed by atoms with Gasteiger partial charge in [0, 0.05) is 26.2 Å². The first-order valence-corrected chi connectivity index (χ1v) is 9.31. The van der Waals surface area contributed by atoms with Crippen LogP contribution in [0.4, 0.5) is 0 Å². The van der Waals surface area contributed by atoms with Crippen molar-refractivity contribution < 1.29 is 13.2 Å². The number of hydrogen-bond donors (Lipinski definition) is 1. The van der Waals surface area contributed by atoms with E-state index in [-0.39, 0.29) is 23.4 Å². The topological polar surface area (TPSA) is 83.7 Å². The second-order valence-electron chi connectivity index (χ2n) is 6.15. The number of likely N-dealkylation sites (tertiary alicyclic amines) is 1. The zero-order valence-electron chi connectivity index (χ0n) is 13.7. The minimum absolute atomic E-state index is 0.133. The molecular weight excluding hydrogens is 314 g/mol.